The molecule has 1 aromatic carbocycles. The molecule has 0 aliphatic rings. The highest BCUT2D eigenvalue weighted by Gasteiger charge is 2.23. The molecule has 0 N–H and O–H groups in total. The number of alkyl halides is 2. The first-order valence-corrected chi connectivity index (χ1v) is 7.59. The Kier molecular flexibility index (Phi) is 3.94. The molecule has 26 heavy (non-hydrogen) atoms. The predicted molar refractivity (Wildman–Crippen MR) is 90.9 cm³/mol. The van der Waals surface area contributed by atoms with Gasteiger partial charge in [0, 0.05) is 6.20 Å². The first-order chi connectivity index (χ1) is 12.5. The van der Waals surface area contributed by atoms with Crippen LogP contribution in [0.3, 0.4) is 0 Å². The van der Waals surface area contributed by atoms with Gasteiger partial charge >= 0.3 is 0 Å². The number of benzene rings is 1. The SMILES string of the molecule is [B]c1cncc(N(CC(F)F)c2nc3nncn3c3cccc(F)c23)c1. The van der Waals surface area contributed by atoms with Crippen LogP contribution in [0.4, 0.5) is 24.7 Å². The molecule has 0 aliphatic carbocycles. The molecule has 3 aromatic heterocycles. The van der Waals surface area contributed by atoms with Gasteiger partial charge in [0.1, 0.15) is 25.8 Å². The van der Waals surface area contributed by atoms with Crippen LogP contribution >= 0.6 is 0 Å². The summed E-state index contributed by atoms with van der Waals surface area (Å²) in [4.78, 5) is 9.36. The molecule has 0 bridgehead atoms. The van der Waals surface area contributed by atoms with Crippen molar-refractivity contribution in [1.29, 1.82) is 0 Å². The third-order valence-corrected chi connectivity index (χ3v) is 3.84. The van der Waals surface area contributed by atoms with Gasteiger partial charge in [-0.3, -0.25) is 9.38 Å². The van der Waals surface area contributed by atoms with Crippen LogP contribution in [0.5, 0.6) is 0 Å². The van der Waals surface area contributed by atoms with Crippen molar-refractivity contribution in [3.8, 4) is 0 Å². The maximum absolute atomic E-state index is 14.6. The molecular formula is C16H10BF3N6. The van der Waals surface area contributed by atoms with E-state index < -0.39 is 18.8 Å². The highest BCUT2D eigenvalue weighted by molar-refractivity contribution is 6.32. The summed E-state index contributed by atoms with van der Waals surface area (Å²) in [6, 6.07) is 5.86. The molecular weight excluding hydrogens is 344 g/mol. The Morgan fingerprint density at radius 2 is 2.08 bits per heavy atom. The summed E-state index contributed by atoms with van der Waals surface area (Å²) in [6.45, 7) is -0.716. The number of nitrogens with zero attached hydrogens (tertiary/aromatic N) is 6. The van der Waals surface area contributed by atoms with Crippen LogP contribution in [0.25, 0.3) is 16.7 Å². The van der Waals surface area contributed by atoms with E-state index in [4.69, 9.17) is 7.85 Å². The summed E-state index contributed by atoms with van der Waals surface area (Å²) in [5.74, 6) is -0.447. The Hall–Kier alpha value is -3.17. The topological polar surface area (TPSA) is 59.2 Å². The lowest BCUT2D eigenvalue weighted by molar-refractivity contribution is 0.158. The minimum atomic E-state index is -2.70. The third kappa shape index (κ3) is 2.73. The summed E-state index contributed by atoms with van der Waals surface area (Å²) >= 11 is 0. The first kappa shape index (κ1) is 16.3. The molecule has 0 atom stereocenters. The van der Waals surface area contributed by atoms with E-state index in [1.54, 1.807) is 6.07 Å². The third-order valence-electron chi connectivity index (χ3n) is 3.84. The molecule has 2 radical (unpaired) electrons. The molecule has 0 saturated heterocycles. The fourth-order valence-corrected chi connectivity index (χ4v) is 2.80. The largest absolute Gasteiger partial charge is 0.318 e. The number of hydrogen-bond donors (Lipinski definition) is 0. The van der Waals surface area contributed by atoms with Crippen molar-refractivity contribution in [3.05, 3.63) is 48.8 Å². The zero-order chi connectivity index (χ0) is 18.3. The molecule has 0 aliphatic heterocycles. The number of rotatable bonds is 4. The predicted octanol–water partition coefficient (Wildman–Crippen LogP) is 2.01. The standard InChI is InChI=1S/C16H10BF3N6/c17-9-4-10(6-21-5-9)25(7-13(19)20)15-14-11(18)2-1-3-12(14)26-8-22-24-16(26)23-15/h1-6,8,13H,7H2. The average Bonchev–Trinajstić information content (AvgIpc) is 3.08. The Morgan fingerprint density at radius 1 is 1.23 bits per heavy atom. The number of hydrogen-bond acceptors (Lipinski definition) is 5. The van der Waals surface area contributed by atoms with E-state index in [0.717, 1.165) is 0 Å². The summed E-state index contributed by atoms with van der Waals surface area (Å²) in [6.07, 6.45) is 1.43. The highest BCUT2D eigenvalue weighted by atomic mass is 19.3. The van der Waals surface area contributed by atoms with Crippen molar-refractivity contribution in [2.45, 2.75) is 6.43 Å². The minimum absolute atomic E-state index is 0.00806. The number of fused-ring (bicyclic) bond motifs is 3. The molecule has 0 fully saturated rings. The first-order valence-electron chi connectivity index (χ1n) is 7.59. The lowest BCUT2D eigenvalue weighted by Crippen LogP contribution is -2.26. The van der Waals surface area contributed by atoms with Gasteiger partial charge in [0.2, 0.25) is 0 Å². The quantitative estimate of drug-likeness (QED) is 0.525. The summed E-state index contributed by atoms with van der Waals surface area (Å²) in [7, 11) is 5.72. The Balaban J connectivity index is 2.04. The maximum Gasteiger partial charge on any atom is 0.257 e. The van der Waals surface area contributed by atoms with E-state index in [1.165, 1.54) is 46.2 Å². The summed E-state index contributed by atoms with van der Waals surface area (Å²) in [5.41, 5.74) is 0.965. The lowest BCUT2D eigenvalue weighted by atomic mass is 9.98. The van der Waals surface area contributed by atoms with E-state index in [0.29, 0.717) is 5.52 Å². The van der Waals surface area contributed by atoms with E-state index in [1.807, 2.05) is 0 Å². The molecule has 0 unspecified atom stereocenters. The molecule has 0 amide bonds. The Bertz CT molecular complexity index is 1100. The van der Waals surface area contributed by atoms with Crippen LogP contribution in [0, 0.1) is 5.82 Å². The van der Waals surface area contributed by atoms with E-state index in [9.17, 15) is 13.2 Å². The fraction of sp³-hybridized carbons (Fsp3) is 0.125. The Morgan fingerprint density at radius 3 is 2.85 bits per heavy atom. The van der Waals surface area contributed by atoms with Gasteiger partial charge in [-0.1, -0.05) is 11.5 Å². The lowest BCUT2D eigenvalue weighted by Gasteiger charge is -2.25. The van der Waals surface area contributed by atoms with Crippen LogP contribution in [0.15, 0.2) is 43.0 Å². The van der Waals surface area contributed by atoms with Crippen molar-refractivity contribution in [2.24, 2.45) is 0 Å². The average molecular weight is 354 g/mol. The second-order valence-corrected chi connectivity index (χ2v) is 5.55. The maximum atomic E-state index is 14.6. The van der Waals surface area contributed by atoms with Gasteiger partial charge in [-0.15, -0.1) is 10.2 Å². The van der Waals surface area contributed by atoms with Crippen molar-refractivity contribution in [1.82, 2.24) is 24.6 Å². The highest BCUT2D eigenvalue weighted by Crippen LogP contribution is 2.32. The summed E-state index contributed by atoms with van der Waals surface area (Å²) in [5, 5.41) is 7.69. The second kappa shape index (κ2) is 6.28. The smallest absolute Gasteiger partial charge is 0.257 e. The van der Waals surface area contributed by atoms with Gasteiger partial charge in [-0.05, 0) is 18.2 Å². The molecule has 4 rings (SSSR count). The zero-order valence-corrected chi connectivity index (χ0v) is 13.2. The van der Waals surface area contributed by atoms with E-state index in [-0.39, 0.29) is 28.1 Å². The van der Waals surface area contributed by atoms with Gasteiger partial charge in [-0.25, -0.2) is 13.2 Å². The van der Waals surface area contributed by atoms with Gasteiger partial charge in [-0.2, -0.15) is 4.98 Å². The van der Waals surface area contributed by atoms with Crippen molar-refractivity contribution in [2.75, 3.05) is 11.4 Å². The van der Waals surface area contributed by atoms with E-state index in [2.05, 4.69) is 20.2 Å². The number of anilines is 2. The fourth-order valence-electron chi connectivity index (χ4n) is 2.80. The summed E-state index contributed by atoms with van der Waals surface area (Å²) < 4.78 is 42.6. The molecule has 10 heteroatoms. The van der Waals surface area contributed by atoms with Crippen molar-refractivity contribution in [3.63, 3.8) is 0 Å². The number of aromatic nitrogens is 5. The van der Waals surface area contributed by atoms with Crippen LogP contribution in [0.1, 0.15) is 0 Å². The Labute approximate surface area is 146 Å². The molecule has 128 valence electrons. The minimum Gasteiger partial charge on any atom is -0.318 e. The van der Waals surface area contributed by atoms with Crippen LogP contribution in [0.2, 0.25) is 0 Å². The van der Waals surface area contributed by atoms with Crippen LogP contribution < -0.4 is 10.4 Å². The van der Waals surface area contributed by atoms with Crippen LogP contribution in [-0.2, 0) is 0 Å². The van der Waals surface area contributed by atoms with Crippen molar-refractivity contribution < 1.29 is 13.2 Å². The van der Waals surface area contributed by atoms with Crippen molar-refractivity contribution >= 4 is 41.5 Å². The molecule has 0 spiro atoms. The number of halogens is 3. The van der Waals surface area contributed by atoms with Crippen LogP contribution in [-0.4, -0.2) is 45.4 Å². The number of pyridine rings is 1. The normalized spacial score (nSPS) is 11.5. The zero-order valence-electron chi connectivity index (χ0n) is 13.2. The van der Waals surface area contributed by atoms with Gasteiger partial charge in [0.15, 0.2) is 0 Å². The molecule has 4 aromatic rings. The van der Waals surface area contributed by atoms with Gasteiger partial charge in [0.25, 0.3) is 12.2 Å². The van der Waals surface area contributed by atoms with Gasteiger partial charge in [0.05, 0.1) is 29.3 Å². The van der Waals surface area contributed by atoms with Gasteiger partial charge < -0.3 is 4.90 Å². The molecule has 3 heterocycles. The molecule has 6 nitrogen and oxygen atoms in total. The monoisotopic (exact) mass is 354 g/mol. The molecule has 0 saturated carbocycles. The van der Waals surface area contributed by atoms with E-state index >= 15 is 0 Å². The second-order valence-electron chi connectivity index (χ2n) is 5.55.